The van der Waals surface area contributed by atoms with Crippen molar-refractivity contribution in [3.05, 3.63) is 12.2 Å². The summed E-state index contributed by atoms with van der Waals surface area (Å²) in [5.41, 5.74) is 0. The minimum atomic E-state index is -1.13. The van der Waals surface area contributed by atoms with Gasteiger partial charge in [-0.05, 0) is 0 Å². The summed E-state index contributed by atoms with van der Waals surface area (Å²) in [6.45, 7) is 2.95. The largest absolute Gasteiger partial charge is 0.456 e. The van der Waals surface area contributed by atoms with Crippen molar-refractivity contribution in [2.75, 3.05) is 6.61 Å². The molecule has 0 saturated carbocycles. The van der Waals surface area contributed by atoms with Crippen LogP contribution in [0.3, 0.4) is 0 Å². The van der Waals surface area contributed by atoms with Crippen molar-refractivity contribution in [2.45, 2.75) is 45.3 Å². The zero-order valence-electron chi connectivity index (χ0n) is 14.2. The van der Waals surface area contributed by atoms with E-state index < -0.39 is 54.9 Å². The number of ether oxygens (including phenoxy) is 3. The molecule has 1 fully saturated rings. The highest BCUT2D eigenvalue weighted by atomic mass is 16.6. The van der Waals surface area contributed by atoms with E-state index in [4.69, 9.17) is 14.2 Å². The van der Waals surface area contributed by atoms with Gasteiger partial charge in [-0.25, -0.2) is 9.67 Å². The highest BCUT2D eigenvalue weighted by Crippen LogP contribution is 2.33. The molecule has 142 valence electrons. The van der Waals surface area contributed by atoms with Gasteiger partial charge in [0.05, 0.1) is 6.61 Å². The summed E-state index contributed by atoms with van der Waals surface area (Å²) in [5, 5.41) is 15.4. The first kappa shape index (κ1) is 19.5. The lowest BCUT2D eigenvalue weighted by Crippen LogP contribution is -2.40. The molecular weight excluding hydrogens is 352 g/mol. The minimum absolute atomic E-state index is 0.318. The van der Waals surface area contributed by atoms with Gasteiger partial charge in [0.25, 0.3) is 5.91 Å². The SMILES string of the molecule is CC(=O)NC(=O)c1ncn([C@@H]2O[C@H](CO)[C@@H](OC(C)=O)[C@H]2OC(C)=O)n1. The van der Waals surface area contributed by atoms with Gasteiger partial charge in [-0.3, -0.25) is 24.5 Å². The Bertz CT molecular complexity index is 718. The van der Waals surface area contributed by atoms with E-state index in [1.165, 1.54) is 0 Å². The highest BCUT2D eigenvalue weighted by Gasteiger charge is 2.50. The smallest absolute Gasteiger partial charge is 0.303 e. The average Bonchev–Trinajstić information content (AvgIpc) is 3.12. The molecule has 4 atom stereocenters. The van der Waals surface area contributed by atoms with Crippen LogP contribution in [0.1, 0.15) is 37.6 Å². The first-order valence-electron chi connectivity index (χ1n) is 7.56. The van der Waals surface area contributed by atoms with Gasteiger partial charge >= 0.3 is 11.9 Å². The molecule has 1 aromatic rings. The number of amides is 2. The third-order valence-electron chi connectivity index (χ3n) is 3.33. The van der Waals surface area contributed by atoms with Crippen LogP contribution in [0.25, 0.3) is 0 Å². The van der Waals surface area contributed by atoms with Crippen LogP contribution in [0, 0.1) is 0 Å². The topological polar surface area (TPSA) is 159 Å². The van der Waals surface area contributed by atoms with Gasteiger partial charge in [0, 0.05) is 20.8 Å². The lowest BCUT2D eigenvalue weighted by Gasteiger charge is -2.22. The Morgan fingerprint density at radius 1 is 1.19 bits per heavy atom. The van der Waals surface area contributed by atoms with Crippen LogP contribution in [0.4, 0.5) is 0 Å². The van der Waals surface area contributed by atoms with Gasteiger partial charge in [-0.15, -0.1) is 5.10 Å². The molecule has 0 aliphatic carbocycles. The molecule has 0 aromatic carbocycles. The summed E-state index contributed by atoms with van der Waals surface area (Å²) in [6.07, 6.45) is -3.16. The number of esters is 2. The molecule has 2 amide bonds. The maximum atomic E-state index is 11.8. The van der Waals surface area contributed by atoms with Crippen LogP contribution in [-0.2, 0) is 28.6 Å². The highest BCUT2D eigenvalue weighted by molar-refractivity contribution is 6.01. The van der Waals surface area contributed by atoms with Gasteiger partial charge in [0.2, 0.25) is 11.7 Å². The molecule has 0 unspecified atom stereocenters. The van der Waals surface area contributed by atoms with E-state index in [0.717, 1.165) is 31.8 Å². The second-order valence-corrected chi connectivity index (χ2v) is 5.45. The molecule has 0 bridgehead atoms. The predicted octanol–water partition coefficient (Wildman–Crippen LogP) is -1.69. The van der Waals surface area contributed by atoms with E-state index in [2.05, 4.69) is 10.1 Å². The number of aliphatic hydroxyl groups is 1. The van der Waals surface area contributed by atoms with Crippen molar-refractivity contribution >= 4 is 23.8 Å². The summed E-state index contributed by atoms with van der Waals surface area (Å²) in [4.78, 5) is 49.2. The molecule has 12 nitrogen and oxygen atoms in total. The van der Waals surface area contributed by atoms with Crippen LogP contribution in [0.15, 0.2) is 6.33 Å². The third kappa shape index (κ3) is 4.40. The van der Waals surface area contributed by atoms with E-state index in [0.29, 0.717) is 0 Å². The van der Waals surface area contributed by atoms with Crippen molar-refractivity contribution < 1.29 is 38.5 Å². The minimum Gasteiger partial charge on any atom is -0.456 e. The molecule has 0 spiro atoms. The zero-order valence-corrected chi connectivity index (χ0v) is 14.2. The lowest BCUT2D eigenvalue weighted by atomic mass is 10.1. The lowest BCUT2D eigenvalue weighted by molar-refractivity contribution is -0.166. The second kappa shape index (κ2) is 8.01. The first-order chi connectivity index (χ1) is 12.2. The monoisotopic (exact) mass is 370 g/mol. The number of aromatic nitrogens is 3. The molecule has 1 aromatic heterocycles. The van der Waals surface area contributed by atoms with E-state index in [1.807, 2.05) is 5.32 Å². The Morgan fingerprint density at radius 3 is 2.35 bits per heavy atom. The average molecular weight is 370 g/mol. The van der Waals surface area contributed by atoms with Crippen molar-refractivity contribution in [1.29, 1.82) is 0 Å². The van der Waals surface area contributed by atoms with Crippen LogP contribution in [0.5, 0.6) is 0 Å². The number of rotatable bonds is 5. The van der Waals surface area contributed by atoms with Gasteiger partial charge in [-0.2, -0.15) is 0 Å². The van der Waals surface area contributed by atoms with Crippen LogP contribution in [0.2, 0.25) is 0 Å². The fraction of sp³-hybridized carbons (Fsp3) is 0.571. The van der Waals surface area contributed by atoms with Crippen LogP contribution < -0.4 is 5.32 Å². The summed E-state index contributed by atoms with van der Waals surface area (Å²) in [7, 11) is 0. The molecule has 0 radical (unpaired) electrons. The molecule has 26 heavy (non-hydrogen) atoms. The van der Waals surface area contributed by atoms with Crippen molar-refractivity contribution in [1.82, 2.24) is 20.1 Å². The summed E-state index contributed by atoms with van der Waals surface area (Å²) in [6, 6.07) is 0. The van der Waals surface area contributed by atoms with E-state index in [9.17, 15) is 24.3 Å². The predicted molar refractivity (Wildman–Crippen MR) is 80.3 cm³/mol. The summed E-state index contributed by atoms with van der Waals surface area (Å²) < 4.78 is 16.9. The fourth-order valence-corrected chi connectivity index (χ4v) is 2.44. The van der Waals surface area contributed by atoms with Gasteiger partial charge in [0.1, 0.15) is 12.4 Å². The van der Waals surface area contributed by atoms with Gasteiger partial charge in [-0.1, -0.05) is 0 Å². The summed E-state index contributed by atoms with van der Waals surface area (Å²) in [5.74, 6) is -3.06. The number of carbonyl (C=O) groups excluding carboxylic acids is 4. The van der Waals surface area contributed by atoms with Gasteiger partial charge < -0.3 is 19.3 Å². The fourth-order valence-electron chi connectivity index (χ4n) is 2.44. The molecule has 2 heterocycles. The molecule has 1 aliphatic rings. The van der Waals surface area contributed by atoms with Gasteiger partial charge in [0.15, 0.2) is 18.4 Å². The standard InChI is InChI=1S/C14H18N4O8/c1-6(20)16-13(23)12-15-5-18(17-12)14-11(25-8(3)22)10(24-7(2)21)9(4-19)26-14/h5,9-11,14,19H,4H2,1-3H3,(H,16,20,23)/t9-,10-,11-,14-/m1/s1. The van der Waals surface area contributed by atoms with E-state index in [1.54, 1.807) is 0 Å². The van der Waals surface area contributed by atoms with Crippen molar-refractivity contribution in [3.8, 4) is 0 Å². The Balaban J connectivity index is 2.29. The number of nitrogens with one attached hydrogen (secondary N) is 1. The van der Waals surface area contributed by atoms with Crippen LogP contribution >= 0.6 is 0 Å². The Kier molecular flexibility index (Phi) is 6.00. The van der Waals surface area contributed by atoms with Crippen LogP contribution in [-0.4, -0.2) is 68.5 Å². The zero-order chi connectivity index (χ0) is 19.4. The number of carbonyl (C=O) groups is 4. The van der Waals surface area contributed by atoms with E-state index >= 15 is 0 Å². The first-order valence-corrected chi connectivity index (χ1v) is 7.56. The number of hydrogen-bond donors (Lipinski definition) is 2. The summed E-state index contributed by atoms with van der Waals surface area (Å²) >= 11 is 0. The Labute approximate surface area is 147 Å². The number of aliphatic hydroxyl groups excluding tert-OH is 1. The Morgan fingerprint density at radius 2 is 1.81 bits per heavy atom. The molecule has 12 heteroatoms. The van der Waals surface area contributed by atoms with Crippen molar-refractivity contribution in [3.63, 3.8) is 0 Å². The van der Waals surface area contributed by atoms with Crippen molar-refractivity contribution in [2.24, 2.45) is 0 Å². The number of nitrogens with zero attached hydrogens (tertiary/aromatic N) is 3. The maximum absolute atomic E-state index is 11.8. The Hall–Kier alpha value is -2.86. The third-order valence-corrected chi connectivity index (χ3v) is 3.33. The second-order valence-electron chi connectivity index (χ2n) is 5.45. The maximum Gasteiger partial charge on any atom is 0.303 e. The molecular formula is C14H18N4O8. The van der Waals surface area contributed by atoms with E-state index in [-0.39, 0.29) is 5.82 Å². The number of imide groups is 1. The quantitative estimate of drug-likeness (QED) is 0.572. The molecule has 2 rings (SSSR count). The molecule has 1 saturated heterocycles. The molecule has 2 N–H and O–H groups in total. The number of hydrogen-bond acceptors (Lipinski definition) is 10. The molecule has 1 aliphatic heterocycles. The normalized spacial score (nSPS) is 24.8.